The second kappa shape index (κ2) is 6.05. The molecule has 0 bridgehead atoms. The molecule has 0 saturated carbocycles. The normalized spacial score (nSPS) is 18.9. The van der Waals surface area contributed by atoms with Gasteiger partial charge in [0.05, 0.1) is 24.1 Å². The van der Waals surface area contributed by atoms with Gasteiger partial charge in [-0.15, -0.1) is 0 Å². The fourth-order valence-electron chi connectivity index (χ4n) is 2.20. The number of piperazine rings is 1. The molecule has 0 aliphatic carbocycles. The van der Waals surface area contributed by atoms with Crippen molar-refractivity contribution < 1.29 is 23.1 Å². The SMILES string of the molecule is N#CC[C@@H]1CN(c2ncc(C(F)(F)F)cn2)CCN1C(=O)O. The Morgan fingerprint density at radius 3 is 2.55 bits per heavy atom. The summed E-state index contributed by atoms with van der Waals surface area (Å²) in [6.07, 6.45) is -4.28. The summed E-state index contributed by atoms with van der Waals surface area (Å²) < 4.78 is 37.4. The molecule has 1 aliphatic heterocycles. The summed E-state index contributed by atoms with van der Waals surface area (Å²) in [5.74, 6) is 0.0842. The van der Waals surface area contributed by atoms with Gasteiger partial charge in [-0.2, -0.15) is 18.4 Å². The fraction of sp³-hybridized carbons (Fsp3) is 0.500. The molecule has 1 aromatic rings. The Morgan fingerprint density at radius 2 is 2.05 bits per heavy atom. The molecule has 1 N–H and O–H groups in total. The van der Waals surface area contributed by atoms with Crippen LogP contribution in [0, 0.1) is 11.3 Å². The molecule has 0 radical (unpaired) electrons. The largest absolute Gasteiger partial charge is 0.465 e. The standard InChI is InChI=1S/C12H12F3N5O2/c13-12(14,15)8-5-17-10(18-6-8)19-3-4-20(11(21)22)9(7-19)1-2-16/h5-6,9H,1,3-4,7H2,(H,21,22)/t9-/m1/s1. The lowest BCUT2D eigenvalue weighted by atomic mass is 10.1. The summed E-state index contributed by atoms with van der Waals surface area (Å²) in [4.78, 5) is 21.2. The Kier molecular flexibility index (Phi) is 4.35. The van der Waals surface area contributed by atoms with Gasteiger partial charge in [-0.05, 0) is 0 Å². The number of carboxylic acid groups (broad SMARTS) is 1. The first kappa shape index (κ1) is 15.8. The summed E-state index contributed by atoms with van der Waals surface area (Å²) in [7, 11) is 0. The molecule has 7 nitrogen and oxygen atoms in total. The molecule has 2 rings (SSSR count). The predicted molar refractivity (Wildman–Crippen MR) is 68.0 cm³/mol. The average Bonchev–Trinajstić information content (AvgIpc) is 2.46. The zero-order chi connectivity index (χ0) is 16.3. The summed E-state index contributed by atoms with van der Waals surface area (Å²) in [5.41, 5.74) is -0.950. The lowest BCUT2D eigenvalue weighted by Crippen LogP contribution is -2.55. The molecular formula is C12H12F3N5O2. The van der Waals surface area contributed by atoms with Crippen molar-refractivity contribution in [2.75, 3.05) is 24.5 Å². The van der Waals surface area contributed by atoms with Crippen molar-refractivity contribution in [2.45, 2.75) is 18.6 Å². The Hall–Kier alpha value is -2.57. The highest BCUT2D eigenvalue weighted by molar-refractivity contribution is 5.66. The van der Waals surface area contributed by atoms with Crippen LogP contribution in [0.5, 0.6) is 0 Å². The number of carbonyl (C=O) groups is 1. The first-order valence-corrected chi connectivity index (χ1v) is 6.33. The monoisotopic (exact) mass is 315 g/mol. The van der Waals surface area contributed by atoms with Crippen molar-refractivity contribution in [1.82, 2.24) is 14.9 Å². The smallest absolute Gasteiger partial charge is 0.419 e. The number of hydrogen-bond acceptors (Lipinski definition) is 5. The molecule has 0 aromatic carbocycles. The van der Waals surface area contributed by atoms with E-state index in [1.807, 2.05) is 6.07 Å². The number of anilines is 1. The third-order valence-corrected chi connectivity index (χ3v) is 3.30. The van der Waals surface area contributed by atoms with E-state index in [-0.39, 0.29) is 32.0 Å². The first-order chi connectivity index (χ1) is 10.3. The van der Waals surface area contributed by atoms with Crippen molar-refractivity contribution in [3.8, 4) is 6.07 Å². The van der Waals surface area contributed by atoms with Gasteiger partial charge < -0.3 is 14.9 Å². The Morgan fingerprint density at radius 1 is 1.41 bits per heavy atom. The molecule has 0 spiro atoms. The van der Waals surface area contributed by atoms with Gasteiger partial charge in [0.2, 0.25) is 5.95 Å². The predicted octanol–water partition coefficient (Wildman–Crippen LogP) is 1.58. The first-order valence-electron chi connectivity index (χ1n) is 6.33. The van der Waals surface area contributed by atoms with Crippen LogP contribution in [-0.2, 0) is 6.18 Å². The van der Waals surface area contributed by atoms with Gasteiger partial charge in [-0.3, -0.25) is 0 Å². The highest BCUT2D eigenvalue weighted by atomic mass is 19.4. The van der Waals surface area contributed by atoms with Crippen molar-refractivity contribution in [1.29, 1.82) is 5.26 Å². The molecule has 1 amide bonds. The van der Waals surface area contributed by atoms with Gasteiger partial charge in [-0.1, -0.05) is 0 Å². The molecular weight excluding hydrogens is 303 g/mol. The van der Waals surface area contributed by atoms with Gasteiger partial charge in [-0.25, -0.2) is 14.8 Å². The quantitative estimate of drug-likeness (QED) is 0.890. The Bertz CT molecular complexity index is 584. The van der Waals surface area contributed by atoms with Crippen molar-refractivity contribution in [3.63, 3.8) is 0 Å². The van der Waals surface area contributed by atoms with Crippen LogP contribution in [0.25, 0.3) is 0 Å². The van der Waals surface area contributed by atoms with Crippen molar-refractivity contribution in [2.24, 2.45) is 0 Å². The second-order valence-corrected chi connectivity index (χ2v) is 4.71. The lowest BCUT2D eigenvalue weighted by molar-refractivity contribution is -0.138. The van der Waals surface area contributed by atoms with E-state index in [9.17, 15) is 18.0 Å². The number of hydrogen-bond donors (Lipinski definition) is 1. The Labute approximate surface area is 123 Å². The minimum Gasteiger partial charge on any atom is -0.465 e. The number of alkyl halides is 3. The molecule has 22 heavy (non-hydrogen) atoms. The van der Waals surface area contributed by atoms with Crippen LogP contribution >= 0.6 is 0 Å². The molecule has 1 fully saturated rings. The van der Waals surface area contributed by atoms with Gasteiger partial charge in [0, 0.05) is 32.0 Å². The van der Waals surface area contributed by atoms with Gasteiger partial charge in [0.15, 0.2) is 0 Å². The maximum absolute atomic E-state index is 12.5. The topological polar surface area (TPSA) is 93.4 Å². The van der Waals surface area contributed by atoms with E-state index >= 15 is 0 Å². The van der Waals surface area contributed by atoms with Crippen LogP contribution < -0.4 is 4.90 Å². The number of amides is 1. The summed E-state index contributed by atoms with van der Waals surface area (Å²) >= 11 is 0. The number of halogens is 3. The van der Waals surface area contributed by atoms with E-state index in [1.54, 1.807) is 4.90 Å². The van der Waals surface area contributed by atoms with E-state index in [1.165, 1.54) is 0 Å². The van der Waals surface area contributed by atoms with Crippen LogP contribution in [0.15, 0.2) is 12.4 Å². The minimum atomic E-state index is -4.51. The van der Waals surface area contributed by atoms with E-state index in [4.69, 9.17) is 10.4 Å². The number of rotatable bonds is 2. The maximum Gasteiger partial charge on any atom is 0.419 e. The van der Waals surface area contributed by atoms with Crippen LogP contribution in [-0.4, -0.2) is 51.7 Å². The molecule has 10 heteroatoms. The van der Waals surface area contributed by atoms with Crippen molar-refractivity contribution in [3.05, 3.63) is 18.0 Å². The van der Waals surface area contributed by atoms with Crippen LogP contribution in [0.4, 0.5) is 23.9 Å². The molecule has 0 unspecified atom stereocenters. The third kappa shape index (κ3) is 3.36. The Balaban J connectivity index is 2.14. The molecule has 1 saturated heterocycles. The molecule has 2 heterocycles. The van der Waals surface area contributed by atoms with Crippen LogP contribution in [0.1, 0.15) is 12.0 Å². The summed E-state index contributed by atoms with van der Waals surface area (Å²) in [6, 6.07) is 1.33. The zero-order valence-electron chi connectivity index (χ0n) is 11.3. The van der Waals surface area contributed by atoms with E-state index in [0.717, 1.165) is 4.90 Å². The molecule has 1 atom stereocenters. The molecule has 1 aromatic heterocycles. The summed E-state index contributed by atoms with van der Waals surface area (Å²) in [5, 5.41) is 17.8. The fourth-order valence-corrected chi connectivity index (χ4v) is 2.20. The second-order valence-electron chi connectivity index (χ2n) is 4.71. The average molecular weight is 315 g/mol. The van der Waals surface area contributed by atoms with Crippen LogP contribution in [0.3, 0.4) is 0 Å². The molecule has 1 aliphatic rings. The van der Waals surface area contributed by atoms with Crippen molar-refractivity contribution >= 4 is 12.0 Å². The highest BCUT2D eigenvalue weighted by Gasteiger charge is 2.33. The molecule has 118 valence electrons. The number of nitriles is 1. The number of aromatic nitrogens is 2. The lowest BCUT2D eigenvalue weighted by Gasteiger charge is -2.38. The van der Waals surface area contributed by atoms with Crippen LogP contribution in [0.2, 0.25) is 0 Å². The van der Waals surface area contributed by atoms with E-state index in [0.29, 0.717) is 12.4 Å². The van der Waals surface area contributed by atoms with Gasteiger partial charge >= 0.3 is 12.3 Å². The minimum absolute atomic E-state index is 0.0105. The van der Waals surface area contributed by atoms with E-state index < -0.39 is 23.9 Å². The zero-order valence-corrected chi connectivity index (χ0v) is 11.3. The highest BCUT2D eigenvalue weighted by Crippen LogP contribution is 2.28. The maximum atomic E-state index is 12.5. The number of nitrogens with zero attached hydrogens (tertiary/aromatic N) is 5. The van der Waals surface area contributed by atoms with Gasteiger partial charge in [0.25, 0.3) is 0 Å². The summed E-state index contributed by atoms with van der Waals surface area (Å²) in [6.45, 7) is 0.539. The third-order valence-electron chi connectivity index (χ3n) is 3.30. The van der Waals surface area contributed by atoms with Gasteiger partial charge in [0.1, 0.15) is 0 Å². The van der Waals surface area contributed by atoms with E-state index in [2.05, 4.69) is 9.97 Å².